The van der Waals surface area contributed by atoms with E-state index in [0.29, 0.717) is 29.0 Å². The average molecular weight is 584 g/mol. The van der Waals surface area contributed by atoms with Crippen LogP contribution in [0.25, 0.3) is 0 Å². The number of benzene rings is 2. The van der Waals surface area contributed by atoms with E-state index in [9.17, 15) is 28.2 Å². The quantitative estimate of drug-likeness (QED) is 0.307. The maximum atomic E-state index is 13.2. The number of likely N-dealkylation sites (N-methyl/N-ethyl adjacent to an activating group) is 1. The third-order valence-corrected chi connectivity index (χ3v) is 8.98. The second-order valence-electron chi connectivity index (χ2n) is 9.21. The molecule has 0 radical (unpaired) electrons. The van der Waals surface area contributed by atoms with Crippen LogP contribution in [0.1, 0.15) is 44.2 Å². The van der Waals surface area contributed by atoms with E-state index in [-0.39, 0.29) is 30.9 Å². The van der Waals surface area contributed by atoms with Crippen LogP contribution >= 0.6 is 11.6 Å². The molecule has 0 aliphatic rings. The van der Waals surface area contributed by atoms with Crippen LogP contribution in [-0.4, -0.2) is 78.2 Å². The summed E-state index contributed by atoms with van der Waals surface area (Å²) in [4.78, 5) is 26.7. The maximum absolute atomic E-state index is 13.2. The number of carbonyl (C=O) groups excluding carboxylic acids is 2. The van der Waals surface area contributed by atoms with Crippen molar-refractivity contribution in [2.75, 3.05) is 20.3 Å². The summed E-state index contributed by atoms with van der Waals surface area (Å²) in [6.45, 7) is 2.89. The Bertz CT molecular complexity index is 1190. The number of amides is 2. The zero-order valence-electron chi connectivity index (χ0n) is 22.5. The predicted molar refractivity (Wildman–Crippen MR) is 148 cm³/mol. The van der Waals surface area contributed by atoms with Gasteiger partial charge in [0.15, 0.2) is 0 Å². The van der Waals surface area contributed by atoms with E-state index in [2.05, 4.69) is 0 Å². The third-order valence-electron chi connectivity index (χ3n) is 6.57. The summed E-state index contributed by atoms with van der Waals surface area (Å²) in [5.41, 5.74) is 7.41. The van der Waals surface area contributed by atoms with Crippen LogP contribution in [-0.2, 0) is 32.6 Å². The lowest BCUT2D eigenvalue weighted by Crippen LogP contribution is -2.51. The van der Waals surface area contributed by atoms with Crippen LogP contribution in [0.3, 0.4) is 0 Å². The molecular weight excluding hydrogens is 546 g/mol. The number of nitrogens with zero attached hydrogens (tertiary/aromatic N) is 2. The highest BCUT2D eigenvalue weighted by molar-refractivity contribution is 7.89. The van der Waals surface area contributed by atoms with E-state index >= 15 is 0 Å². The Morgan fingerprint density at radius 1 is 1.08 bits per heavy atom. The fourth-order valence-electron chi connectivity index (χ4n) is 4.38. The molecule has 216 valence electrons. The number of hydrogen-bond donors (Lipinski definition) is 3. The number of methoxy groups -OCH3 is 1. The molecule has 0 aliphatic heterocycles. The van der Waals surface area contributed by atoms with Gasteiger partial charge < -0.3 is 20.7 Å². The van der Waals surface area contributed by atoms with Crippen molar-refractivity contribution in [1.82, 2.24) is 9.21 Å². The highest BCUT2D eigenvalue weighted by Crippen LogP contribution is 2.23. The number of carbonyl (C=O) groups is 2. The van der Waals surface area contributed by atoms with E-state index in [0.717, 1.165) is 4.90 Å². The van der Waals surface area contributed by atoms with Gasteiger partial charge in [-0.25, -0.2) is 18.1 Å². The van der Waals surface area contributed by atoms with Gasteiger partial charge in [0.05, 0.1) is 31.3 Å². The molecule has 0 aromatic heterocycles. The molecular formula is C27H38ClN3O7S. The summed E-state index contributed by atoms with van der Waals surface area (Å²) in [6.07, 6.45) is 0.317. The normalized spacial score (nSPS) is 14.1. The summed E-state index contributed by atoms with van der Waals surface area (Å²) in [7, 11) is -2.73. The number of aliphatic hydroxyl groups is 2. The van der Waals surface area contributed by atoms with Gasteiger partial charge in [-0.2, -0.15) is 4.31 Å². The Hall–Kier alpha value is -2.54. The van der Waals surface area contributed by atoms with Crippen molar-refractivity contribution in [3.63, 3.8) is 0 Å². The summed E-state index contributed by atoms with van der Waals surface area (Å²) in [6, 6.07) is 10.6. The molecule has 3 atom stereocenters. The number of nitrogens with two attached hydrogens (primary N) is 1. The van der Waals surface area contributed by atoms with Crippen molar-refractivity contribution in [3.05, 3.63) is 64.7 Å². The minimum atomic E-state index is -3.90. The fourth-order valence-corrected chi connectivity index (χ4v) is 6.25. The minimum Gasteiger partial charge on any atom is -0.452 e. The highest BCUT2D eigenvalue weighted by Gasteiger charge is 2.33. The van der Waals surface area contributed by atoms with E-state index in [4.69, 9.17) is 22.1 Å². The standard InChI is InChI=1S/C27H38ClN3O7S/c1-4-30(39(36,37)23-14-12-20(17-32)13-15-23)22(18-33)10-7-8-19(2)31(27(35)38-3)26(34)25(29)16-21-9-5-6-11-24(21)28/h5-6,9,11-15,19,22,25,32-33H,4,7-8,10,16-18,29H2,1-3H3/t19-,22-,25-/m0/s1. The molecule has 2 amide bonds. The molecule has 0 bridgehead atoms. The number of ether oxygens (including phenoxy) is 1. The smallest absolute Gasteiger partial charge is 0.416 e. The van der Waals surface area contributed by atoms with Crippen molar-refractivity contribution >= 4 is 33.6 Å². The molecule has 39 heavy (non-hydrogen) atoms. The van der Waals surface area contributed by atoms with Gasteiger partial charge in [-0.3, -0.25) is 4.79 Å². The van der Waals surface area contributed by atoms with E-state index in [1.807, 2.05) is 0 Å². The number of rotatable bonds is 14. The molecule has 4 N–H and O–H groups in total. The van der Waals surface area contributed by atoms with Gasteiger partial charge in [-0.05, 0) is 61.9 Å². The first kappa shape index (κ1) is 32.7. The van der Waals surface area contributed by atoms with Gasteiger partial charge >= 0.3 is 6.09 Å². The monoisotopic (exact) mass is 583 g/mol. The predicted octanol–water partition coefficient (Wildman–Crippen LogP) is 2.93. The average Bonchev–Trinajstić information content (AvgIpc) is 2.93. The maximum Gasteiger partial charge on any atom is 0.416 e. The summed E-state index contributed by atoms with van der Waals surface area (Å²) < 4.78 is 32.6. The van der Waals surface area contributed by atoms with Crippen LogP contribution in [0.5, 0.6) is 0 Å². The molecule has 0 unspecified atom stereocenters. The number of aliphatic hydroxyl groups excluding tert-OH is 2. The number of sulfonamides is 1. The molecule has 12 heteroatoms. The fraction of sp³-hybridized carbons (Fsp3) is 0.481. The van der Waals surface area contributed by atoms with Crippen LogP contribution in [0, 0.1) is 0 Å². The molecule has 2 aromatic rings. The first-order valence-electron chi connectivity index (χ1n) is 12.7. The van der Waals surface area contributed by atoms with Crippen LogP contribution in [0.2, 0.25) is 5.02 Å². The summed E-state index contributed by atoms with van der Waals surface area (Å²) in [5.74, 6) is -0.614. The highest BCUT2D eigenvalue weighted by atomic mass is 35.5. The minimum absolute atomic E-state index is 0.0586. The van der Waals surface area contributed by atoms with Crippen molar-refractivity contribution in [2.24, 2.45) is 5.73 Å². The van der Waals surface area contributed by atoms with E-state index < -0.39 is 46.8 Å². The molecule has 2 rings (SSSR count). The second kappa shape index (κ2) is 15.3. The van der Waals surface area contributed by atoms with Crippen molar-refractivity contribution in [1.29, 1.82) is 0 Å². The first-order chi connectivity index (χ1) is 18.5. The van der Waals surface area contributed by atoms with Crippen LogP contribution < -0.4 is 5.73 Å². The van der Waals surface area contributed by atoms with Gasteiger partial charge in [0.2, 0.25) is 15.9 Å². The van der Waals surface area contributed by atoms with Crippen molar-refractivity contribution in [2.45, 2.75) is 69.2 Å². The SMILES string of the molecule is CCN([C@H](CO)CCC[C@H](C)N(C(=O)OC)C(=O)[C@@H](N)Cc1ccccc1Cl)S(=O)(=O)c1ccc(CO)cc1. The third kappa shape index (κ3) is 8.47. The van der Waals surface area contributed by atoms with Gasteiger partial charge in [0.1, 0.15) is 0 Å². The van der Waals surface area contributed by atoms with Crippen molar-refractivity contribution in [3.8, 4) is 0 Å². The summed E-state index contributed by atoms with van der Waals surface area (Å²) in [5, 5.41) is 19.7. The molecule has 0 fully saturated rings. The Morgan fingerprint density at radius 3 is 2.26 bits per heavy atom. The lowest BCUT2D eigenvalue weighted by atomic mass is 10.0. The van der Waals surface area contributed by atoms with Gasteiger partial charge in [-0.1, -0.05) is 48.9 Å². The zero-order valence-corrected chi connectivity index (χ0v) is 24.1. The molecule has 10 nitrogen and oxygen atoms in total. The molecule has 0 heterocycles. The van der Waals surface area contributed by atoms with Crippen LogP contribution in [0.4, 0.5) is 4.79 Å². The molecule has 0 saturated carbocycles. The Labute approximate surface area is 235 Å². The Balaban J connectivity index is 2.10. The van der Waals surface area contributed by atoms with Crippen molar-refractivity contribution < 1.29 is 33.0 Å². The largest absolute Gasteiger partial charge is 0.452 e. The Kier molecular flexibility index (Phi) is 12.8. The van der Waals surface area contributed by atoms with Crippen LogP contribution in [0.15, 0.2) is 53.4 Å². The van der Waals surface area contributed by atoms with Gasteiger partial charge in [0, 0.05) is 23.7 Å². The topological polar surface area (TPSA) is 150 Å². The number of hydrogen-bond acceptors (Lipinski definition) is 8. The van der Waals surface area contributed by atoms with E-state index in [1.165, 1.54) is 35.7 Å². The number of halogens is 1. The first-order valence-corrected chi connectivity index (χ1v) is 14.6. The lowest BCUT2D eigenvalue weighted by Gasteiger charge is -2.31. The molecule has 2 aromatic carbocycles. The molecule has 0 aliphatic carbocycles. The number of imide groups is 1. The molecule has 0 saturated heterocycles. The van der Waals surface area contributed by atoms with Gasteiger partial charge in [0.25, 0.3) is 0 Å². The van der Waals surface area contributed by atoms with Gasteiger partial charge in [-0.15, -0.1) is 0 Å². The molecule has 0 spiro atoms. The summed E-state index contributed by atoms with van der Waals surface area (Å²) >= 11 is 6.19. The zero-order chi connectivity index (χ0) is 29.2. The second-order valence-corrected chi connectivity index (χ2v) is 11.5. The lowest BCUT2D eigenvalue weighted by molar-refractivity contribution is -0.132. The van der Waals surface area contributed by atoms with E-state index in [1.54, 1.807) is 38.1 Å². The Morgan fingerprint density at radius 2 is 1.72 bits per heavy atom.